The fourth-order valence-corrected chi connectivity index (χ4v) is 1.42. The van der Waals surface area contributed by atoms with Gasteiger partial charge in [-0.25, -0.2) is 9.59 Å². The van der Waals surface area contributed by atoms with E-state index in [1.807, 2.05) is 0 Å². The van der Waals surface area contributed by atoms with Gasteiger partial charge in [-0.2, -0.15) is 0 Å². The maximum absolute atomic E-state index is 10.8. The molecule has 6 nitrogen and oxygen atoms in total. The Labute approximate surface area is 163 Å². The molecule has 0 amide bonds. The monoisotopic (exact) mass is 342 g/mol. The van der Waals surface area contributed by atoms with E-state index >= 15 is 0 Å². The number of hydrogen-bond donors (Lipinski definition) is 0. The molecule has 0 saturated carbocycles. The Hall–Kier alpha value is -1.76. The van der Waals surface area contributed by atoms with E-state index in [0.717, 1.165) is 0 Å². The van der Waals surface area contributed by atoms with Gasteiger partial charge in [-0.3, -0.25) is 0 Å². The number of hydrogen-bond acceptors (Lipinski definition) is 6. The van der Waals surface area contributed by atoms with Crippen LogP contribution in [0.3, 0.4) is 0 Å². The number of rotatable bonds is 2. The van der Waals surface area contributed by atoms with Crippen molar-refractivity contribution in [3.8, 4) is 11.5 Å². The van der Waals surface area contributed by atoms with Crippen LogP contribution in [0.4, 0.5) is 0 Å². The second-order valence-electron chi connectivity index (χ2n) is 4.03. The molecule has 0 aromatic heterocycles. The second-order valence-corrected chi connectivity index (χ2v) is 4.03. The molecule has 0 aliphatic rings. The van der Waals surface area contributed by atoms with Crippen molar-refractivity contribution >= 4 is 49.7 Å². The summed E-state index contributed by atoms with van der Waals surface area (Å²) in [7, 11) is 2.60. The molecule has 23 heavy (non-hydrogen) atoms. The van der Waals surface area contributed by atoms with Gasteiger partial charge < -0.3 is 19.7 Å². The summed E-state index contributed by atoms with van der Waals surface area (Å²) < 4.78 is 8.87. The predicted molar refractivity (Wildman–Crippen MR) is 80.2 cm³/mol. The van der Waals surface area contributed by atoms with Crippen molar-refractivity contribution in [3.05, 3.63) is 59.7 Å². The van der Waals surface area contributed by atoms with Crippen LogP contribution < -0.4 is 10.2 Å². The minimum Gasteiger partial charge on any atom is -0.872 e. The van der Waals surface area contributed by atoms with Crippen molar-refractivity contribution in [1.82, 2.24) is 0 Å². The zero-order chi connectivity index (χ0) is 16.5. The zero-order valence-corrected chi connectivity index (χ0v) is 15.0. The minimum atomic E-state index is -0.426. The van der Waals surface area contributed by atoms with Crippen LogP contribution in [0.15, 0.2) is 48.5 Å². The van der Waals surface area contributed by atoms with Gasteiger partial charge in [-0.15, -0.1) is 11.5 Å². The summed E-state index contributed by atoms with van der Waals surface area (Å²) >= 11 is 0. The molecule has 0 spiro atoms. The van der Waals surface area contributed by atoms with Gasteiger partial charge in [-0.1, -0.05) is 24.3 Å². The van der Waals surface area contributed by atoms with E-state index in [1.54, 1.807) is 0 Å². The fraction of sp³-hybridized carbons (Fsp3) is 0.125. The Balaban J connectivity index is 0.000000403. The Kier molecular flexibility index (Phi) is 10.0. The van der Waals surface area contributed by atoms with E-state index in [-0.39, 0.29) is 49.2 Å². The Morgan fingerprint density at radius 1 is 0.696 bits per heavy atom. The van der Waals surface area contributed by atoms with Crippen molar-refractivity contribution in [3.63, 3.8) is 0 Å². The standard InChI is InChI=1S/2C8H8O3.Ca/c2*1-11-8(10)6-2-4-7(9)5-3-6;/h2*2-5,9H,1H3;/q;;+2/p-2. The number of esters is 2. The molecule has 0 aliphatic heterocycles. The maximum Gasteiger partial charge on any atom is 2.00 e. The summed E-state index contributed by atoms with van der Waals surface area (Å²) in [6, 6.07) is 11.1. The molecule has 2 aromatic rings. The van der Waals surface area contributed by atoms with E-state index < -0.39 is 11.9 Å². The third-order valence-electron chi connectivity index (χ3n) is 2.55. The molecule has 0 heterocycles. The van der Waals surface area contributed by atoms with Gasteiger partial charge in [0.05, 0.1) is 25.3 Å². The number of ether oxygens (including phenoxy) is 2. The summed E-state index contributed by atoms with van der Waals surface area (Å²) in [4.78, 5) is 21.6. The van der Waals surface area contributed by atoms with Gasteiger partial charge in [0.2, 0.25) is 0 Å². The van der Waals surface area contributed by atoms with Crippen LogP contribution in [0.1, 0.15) is 20.7 Å². The van der Waals surface area contributed by atoms with Crippen molar-refractivity contribution < 1.29 is 29.3 Å². The van der Waals surface area contributed by atoms with E-state index in [0.29, 0.717) is 11.1 Å². The van der Waals surface area contributed by atoms with Crippen LogP contribution in [-0.2, 0) is 9.47 Å². The molecule has 7 heteroatoms. The first-order valence-electron chi connectivity index (χ1n) is 6.18. The van der Waals surface area contributed by atoms with Gasteiger partial charge in [-0.05, 0) is 24.3 Å². The molecule has 0 fully saturated rings. The first-order valence-corrected chi connectivity index (χ1v) is 6.18. The molecule has 0 N–H and O–H groups in total. The normalized spacial score (nSPS) is 8.78. The summed E-state index contributed by atoms with van der Waals surface area (Å²) in [5, 5.41) is 21.2. The Morgan fingerprint density at radius 2 is 0.957 bits per heavy atom. The molecular formula is C16H14CaO6. The van der Waals surface area contributed by atoms with E-state index in [1.165, 1.54) is 62.8 Å². The van der Waals surface area contributed by atoms with Gasteiger partial charge in [0, 0.05) is 0 Å². The average molecular weight is 342 g/mol. The molecule has 0 atom stereocenters. The van der Waals surface area contributed by atoms with Gasteiger partial charge in [0.1, 0.15) is 0 Å². The van der Waals surface area contributed by atoms with Crippen molar-refractivity contribution in [1.29, 1.82) is 0 Å². The van der Waals surface area contributed by atoms with Gasteiger partial charge in [0.25, 0.3) is 0 Å². The summed E-state index contributed by atoms with van der Waals surface area (Å²) in [6.07, 6.45) is 0. The van der Waals surface area contributed by atoms with E-state index in [9.17, 15) is 19.8 Å². The maximum atomic E-state index is 10.8. The third-order valence-corrected chi connectivity index (χ3v) is 2.55. The molecule has 0 saturated heterocycles. The van der Waals surface area contributed by atoms with Crippen LogP contribution in [0, 0.1) is 0 Å². The Bertz CT molecular complexity index is 565. The second kappa shape index (κ2) is 10.9. The van der Waals surface area contributed by atoms with Crippen LogP contribution in [-0.4, -0.2) is 63.9 Å². The number of methoxy groups -OCH3 is 2. The van der Waals surface area contributed by atoms with Gasteiger partial charge in [0.15, 0.2) is 0 Å². The molecular weight excluding hydrogens is 328 g/mol. The Morgan fingerprint density at radius 3 is 1.17 bits per heavy atom. The van der Waals surface area contributed by atoms with Crippen LogP contribution >= 0.6 is 0 Å². The van der Waals surface area contributed by atoms with E-state index in [2.05, 4.69) is 9.47 Å². The van der Waals surface area contributed by atoms with Crippen LogP contribution in [0.5, 0.6) is 11.5 Å². The number of carbonyl (C=O) groups is 2. The summed E-state index contributed by atoms with van der Waals surface area (Å²) in [5.41, 5.74) is 0.791. The number of carbonyl (C=O) groups excluding carboxylic acids is 2. The summed E-state index contributed by atoms with van der Waals surface area (Å²) in [6.45, 7) is 0. The zero-order valence-electron chi connectivity index (χ0n) is 12.8. The predicted octanol–water partition coefficient (Wildman–Crippen LogP) is 0.713. The molecule has 2 aromatic carbocycles. The van der Waals surface area contributed by atoms with Gasteiger partial charge >= 0.3 is 49.7 Å². The smallest absolute Gasteiger partial charge is 0.872 e. The minimum absolute atomic E-state index is 0. The topological polar surface area (TPSA) is 98.7 Å². The summed E-state index contributed by atoms with van der Waals surface area (Å²) in [5.74, 6) is -1.08. The molecule has 0 bridgehead atoms. The van der Waals surface area contributed by atoms with Crippen molar-refractivity contribution in [2.45, 2.75) is 0 Å². The van der Waals surface area contributed by atoms with Crippen molar-refractivity contribution in [2.75, 3.05) is 14.2 Å². The van der Waals surface area contributed by atoms with Crippen LogP contribution in [0.25, 0.3) is 0 Å². The molecule has 0 unspecified atom stereocenters. The quantitative estimate of drug-likeness (QED) is 0.589. The molecule has 116 valence electrons. The van der Waals surface area contributed by atoms with Crippen LogP contribution in [0.2, 0.25) is 0 Å². The van der Waals surface area contributed by atoms with Crippen molar-refractivity contribution in [2.24, 2.45) is 0 Å². The average Bonchev–Trinajstić information content (AvgIpc) is 2.55. The SMILES string of the molecule is COC(=O)c1ccc([O-])cc1.COC(=O)c1ccc([O-])cc1.[Ca+2]. The third kappa shape index (κ3) is 7.36. The molecule has 0 radical (unpaired) electrons. The molecule has 0 aliphatic carbocycles. The largest absolute Gasteiger partial charge is 2.00 e. The number of benzene rings is 2. The van der Waals surface area contributed by atoms with E-state index in [4.69, 9.17) is 0 Å². The molecule has 2 rings (SSSR count). The first-order chi connectivity index (χ1) is 10.5. The first kappa shape index (κ1) is 21.2. The fourth-order valence-electron chi connectivity index (χ4n) is 1.42.